The molecule has 1 saturated carbocycles. The van der Waals surface area contributed by atoms with Gasteiger partial charge >= 0.3 is 12.3 Å². The van der Waals surface area contributed by atoms with Gasteiger partial charge in [-0.1, -0.05) is 6.42 Å². The summed E-state index contributed by atoms with van der Waals surface area (Å²) in [4.78, 5) is 11.6. The molecule has 8 heteroatoms. The first kappa shape index (κ1) is 14.1. The Bertz CT molecular complexity index is 410. The Labute approximate surface area is 108 Å². The fourth-order valence-electron chi connectivity index (χ4n) is 2.58. The van der Waals surface area contributed by atoms with E-state index in [1.54, 1.807) is 0 Å². The lowest BCUT2D eigenvalue weighted by atomic mass is 9.80. The zero-order valence-corrected chi connectivity index (χ0v) is 10.4. The van der Waals surface area contributed by atoms with Gasteiger partial charge in [-0.05, 0) is 26.2 Å². The van der Waals surface area contributed by atoms with Crippen LogP contribution < -0.4 is 0 Å². The molecule has 1 fully saturated rings. The highest BCUT2D eigenvalue weighted by molar-refractivity contribution is 5.92. The van der Waals surface area contributed by atoms with Crippen LogP contribution in [0.3, 0.4) is 0 Å². The summed E-state index contributed by atoms with van der Waals surface area (Å²) in [6, 6.07) is 0. The second-order valence-corrected chi connectivity index (χ2v) is 4.62. The SMILES string of the molecule is CCOC(=O)N1N=C2CCCCC2C1(O)C(F)(F)F. The Balaban J connectivity index is 2.39. The van der Waals surface area contributed by atoms with Gasteiger partial charge in [0, 0.05) is 5.71 Å². The van der Waals surface area contributed by atoms with Crippen molar-refractivity contribution in [3.8, 4) is 0 Å². The molecule has 0 bridgehead atoms. The van der Waals surface area contributed by atoms with Crippen LogP contribution in [-0.4, -0.2) is 40.4 Å². The number of hydrogen-bond donors (Lipinski definition) is 1. The van der Waals surface area contributed by atoms with E-state index in [1.807, 2.05) is 0 Å². The maximum atomic E-state index is 13.2. The Morgan fingerprint density at radius 3 is 2.84 bits per heavy atom. The van der Waals surface area contributed by atoms with Crippen LogP contribution in [0.1, 0.15) is 32.6 Å². The number of rotatable bonds is 1. The first-order valence-corrected chi connectivity index (χ1v) is 6.15. The van der Waals surface area contributed by atoms with Crippen molar-refractivity contribution in [1.29, 1.82) is 0 Å². The largest absolute Gasteiger partial charge is 0.448 e. The van der Waals surface area contributed by atoms with E-state index >= 15 is 0 Å². The van der Waals surface area contributed by atoms with Crippen LogP contribution in [0, 0.1) is 5.92 Å². The Morgan fingerprint density at radius 2 is 2.26 bits per heavy atom. The highest BCUT2D eigenvalue weighted by Gasteiger charge is 2.68. The number of halogens is 3. The van der Waals surface area contributed by atoms with Gasteiger partial charge in [0.2, 0.25) is 0 Å². The van der Waals surface area contributed by atoms with Crippen LogP contribution in [0.4, 0.5) is 18.0 Å². The molecule has 108 valence electrons. The van der Waals surface area contributed by atoms with Crippen molar-refractivity contribution >= 4 is 11.8 Å². The molecule has 0 aromatic heterocycles. The second kappa shape index (κ2) is 4.66. The molecule has 2 aliphatic rings. The summed E-state index contributed by atoms with van der Waals surface area (Å²) < 4.78 is 44.1. The van der Waals surface area contributed by atoms with E-state index < -0.39 is 23.9 Å². The lowest BCUT2D eigenvalue weighted by Crippen LogP contribution is -2.61. The molecule has 0 aromatic carbocycles. The predicted octanol–water partition coefficient (Wildman–Crippen LogP) is 2.26. The van der Waals surface area contributed by atoms with Crippen molar-refractivity contribution in [2.75, 3.05) is 6.61 Å². The van der Waals surface area contributed by atoms with Gasteiger partial charge in [0.05, 0.1) is 12.5 Å². The number of amides is 1. The fourth-order valence-corrected chi connectivity index (χ4v) is 2.58. The molecule has 1 amide bonds. The molecule has 0 aromatic rings. The highest BCUT2D eigenvalue weighted by atomic mass is 19.4. The van der Waals surface area contributed by atoms with E-state index in [-0.39, 0.29) is 23.7 Å². The topological polar surface area (TPSA) is 62.1 Å². The normalized spacial score (nSPS) is 30.9. The van der Waals surface area contributed by atoms with Gasteiger partial charge in [0.25, 0.3) is 5.72 Å². The number of carbonyl (C=O) groups is 1. The van der Waals surface area contributed by atoms with E-state index in [1.165, 1.54) is 6.92 Å². The average molecular weight is 280 g/mol. The molecule has 2 atom stereocenters. The minimum atomic E-state index is -4.98. The van der Waals surface area contributed by atoms with E-state index in [2.05, 4.69) is 9.84 Å². The predicted molar refractivity (Wildman–Crippen MR) is 59.3 cm³/mol. The zero-order valence-electron chi connectivity index (χ0n) is 10.4. The molecule has 2 unspecified atom stereocenters. The molecule has 5 nitrogen and oxygen atoms in total. The summed E-state index contributed by atoms with van der Waals surface area (Å²) in [5, 5.41) is 13.8. The van der Waals surface area contributed by atoms with E-state index in [0.717, 1.165) is 0 Å². The Hall–Kier alpha value is -1.31. The number of nitrogens with zero attached hydrogens (tertiary/aromatic N) is 2. The summed E-state index contributed by atoms with van der Waals surface area (Å²) in [6.45, 7) is 1.39. The molecule has 0 radical (unpaired) electrons. The quantitative estimate of drug-likeness (QED) is 0.801. The minimum absolute atomic E-state index is 0.0574. The summed E-state index contributed by atoms with van der Waals surface area (Å²) in [5.74, 6) is -1.19. The van der Waals surface area contributed by atoms with Gasteiger partial charge in [-0.3, -0.25) is 0 Å². The first-order chi connectivity index (χ1) is 8.82. The van der Waals surface area contributed by atoms with Gasteiger partial charge in [0.1, 0.15) is 0 Å². The highest BCUT2D eigenvalue weighted by Crippen LogP contribution is 2.48. The van der Waals surface area contributed by atoms with E-state index in [9.17, 15) is 23.1 Å². The molecular formula is C11H15F3N2O3. The number of aliphatic hydroxyl groups is 1. The molecule has 0 spiro atoms. The van der Waals surface area contributed by atoms with Gasteiger partial charge in [-0.2, -0.15) is 23.3 Å². The second-order valence-electron chi connectivity index (χ2n) is 4.62. The maximum Gasteiger partial charge on any atom is 0.439 e. The number of ether oxygens (including phenoxy) is 1. The lowest BCUT2D eigenvalue weighted by Gasteiger charge is -2.37. The Kier molecular flexibility index (Phi) is 3.46. The summed E-state index contributed by atoms with van der Waals surface area (Å²) in [7, 11) is 0. The van der Waals surface area contributed by atoms with Crippen molar-refractivity contribution in [3.63, 3.8) is 0 Å². The molecule has 19 heavy (non-hydrogen) atoms. The maximum absolute atomic E-state index is 13.2. The van der Waals surface area contributed by atoms with Crippen molar-refractivity contribution in [2.24, 2.45) is 11.0 Å². The first-order valence-electron chi connectivity index (χ1n) is 6.15. The molecule has 1 aliphatic carbocycles. The lowest BCUT2D eigenvalue weighted by molar-refractivity contribution is -0.315. The third kappa shape index (κ3) is 2.07. The molecule has 2 rings (SSSR count). The van der Waals surface area contributed by atoms with Crippen molar-refractivity contribution in [3.05, 3.63) is 0 Å². The average Bonchev–Trinajstić information content (AvgIpc) is 2.65. The van der Waals surface area contributed by atoms with Crippen LogP contribution in [0.15, 0.2) is 5.10 Å². The molecule has 1 N–H and O–H groups in total. The van der Waals surface area contributed by atoms with Crippen LogP contribution in [0.2, 0.25) is 0 Å². The van der Waals surface area contributed by atoms with E-state index in [4.69, 9.17) is 0 Å². The number of hydrazone groups is 1. The standard InChI is InChI=1S/C11H15F3N2O3/c1-2-19-9(17)16-10(18,11(12,13)14)7-5-3-4-6-8(7)15-16/h7,18H,2-6H2,1H3. The third-order valence-electron chi connectivity index (χ3n) is 3.47. The van der Waals surface area contributed by atoms with Gasteiger partial charge in [-0.15, -0.1) is 0 Å². The van der Waals surface area contributed by atoms with Crippen molar-refractivity contribution < 1.29 is 27.8 Å². The fraction of sp³-hybridized carbons (Fsp3) is 0.818. The van der Waals surface area contributed by atoms with Crippen LogP contribution in [0.5, 0.6) is 0 Å². The number of fused-ring (bicyclic) bond motifs is 1. The minimum Gasteiger partial charge on any atom is -0.448 e. The third-order valence-corrected chi connectivity index (χ3v) is 3.47. The van der Waals surface area contributed by atoms with Crippen LogP contribution in [0.25, 0.3) is 0 Å². The monoisotopic (exact) mass is 280 g/mol. The smallest absolute Gasteiger partial charge is 0.439 e. The number of alkyl halides is 3. The van der Waals surface area contributed by atoms with Gasteiger partial charge in [0.15, 0.2) is 0 Å². The van der Waals surface area contributed by atoms with Crippen LogP contribution in [-0.2, 0) is 4.74 Å². The molecule has 1 heterocycles. The zero-order chi connectivity index (χ0) is 14.3. The molecular weight excluding hydrogens is 265 g/mol. The summed E-state index contributed by atoms with van der Waals surface area (Å²) >= 11 is 0. The van der Waals surface area contributed by atoms with Crippen molar-refractivity contribution in [1.82, 2.24) is 5.01 Å². The van der Waals surface area contributed by atoms with Crippen molar-refractivity contribution in [2.45, 2.75) is 44.5 Å². The van der Waals surface area contributed by atoms with E-state index in [0.29, 0.717) is 19.3 Å². The van der Waals surface area contributed by atoms with Gasteiger partial charge in [-0.25, -0.2) is 4.79 Å². The number of hydrogen-bond acceptors (Lipinski definition) is 4. The van der Waals surface area contributed by atoms with Gasteiger partial charge < -0.3 is 9.84 Å². The summed E-state index contributed by atoms with van der Waals surface area (Å²) in [5.41, 5.74) is -3.06. The summed E-state index contributed by atoms with van der Waals surface area (Å²) in [6.07, 6.45) is -4.46. The van der Waals surface area contributed by atoms with Crippen LogP contribution >= 0.6 is 0 Å². The molecule has 1 aliphatic heterocycles. The number of carbonyl (C=O) groups excluding carboxylic acids is 1. The molecule has 0 saturated heterocycles. The Morgan fingerprint density at radius 1 is 1.58 bits per heavy atom.